The summed E-state index contributed by atoms with van der Waals surface area (Å²) < 4.78 is 8.52. The number of aryl methyl sites for hydroxylation is 1. The third-order valence-electron chi connectivity index (χ3n) is 4.19. The number of hydrogen-bond acceptors (Lipinski definition) is 6. The van der Waals surface area contributed by atoms with Gasteiger partial charge < -0.3 is 14.6 Å². The lowest BCUT2D eigenvalue weighted by molar-refractivity contribution is -0.116. The van der Waals surface area contributed by atoms with Crippen molar-refractivity contribution < 1.29 is 14.3 Å². The molecule has 1 N–H and O–H groups in total. The van der Waals surface area contributed by atoms with Crippen molar-refractivity contribution >= 4 is 28.7 Å². The summed E-state index contributed by atoms with van der Waals surface area (Å²) >= 11 is 0. The quantitative estimate of drug-likeness (QED) is 0.629. The molecule has 1 amide bonds. The summed E-state index contributed by atoms with van der Waals surface area (Å²) in [6, 6.07) is 6.35. The first-order valence-electron chi connectivity index (χ1n) is 8.51. The van der Waals surface area contributed by atoms with Gasteiger partial charge in [-0.1, -0.05) is 6.07 Å². The largest absolute Gasteiger partial charge is 0.462 e. The molecule has 0 saturated carbocycles. The van der Waals surface area contributed by atoms with E-state index in [1.54, 1.807) is 25.1 Å². The van der Waals surface area contributed by atoms with E-state index in [0.29, 0.717) is 11.3 Å². The maximum Gasteiger partial charge on any atom is 0.338 e. The monoisotopic (exact) mass is 385 g/mol. The van der Waals surface area contributed by atoms with Crippen molar-refractivity contribution in [2.24, 2.45) is 14.1 Å². The van der Waals surface area contributed by atoms with Gasteiger partial charge in [-0.3, -0.25) is 18.7 Å². The number of amides is 1. The molecular formula is C18H19N5O5. The van der Waals surface area contributed by atoms with Gasteiger partial charge in [-0.2, -0.15) is 0 Å². The van der Waals surface area contributed by atoms with Crippen molar-refractivity contribution in [2.45, 2.75) is 13.5 Å². The minimum atomic E-state index is -0.535. The van der Waals surface area contributed by atoms with E-state index in [1.165, 1.54) is 35.6 Å². The zero-order valence-electron chi connectivity index (χ0n) is 15.6. The van der Waals surface area contributed by atoms with Crippen LogP contribution >= 0.6 is 0 Å². The van der Waals surface area contributed by atoms with E-state index in [0.717, 1.165) is 4.57 Å². The second-order valence-electron chi connectivity index (χ2n) is 6.10. The Morgan fingerprint density at radius 2 is 1.93 bits per heavy atom. The Morgan fingerprint density at radius 3 is 2.64 bits per heavy atom. The Bertz CT molecular complexity index is 1190. The molecule has 1 aromatic carbocycles. The van der Waals surface area contributed by atoms with Gasteiger partial charge in [-0.25, -0.2) is 14.6 Å². The summed E-state index contributed by atoms with van der Waals surface area (Å²) in [6.45, 7) is 1.77. The van der Waals surface area contributed by atoms with Crippen LogP contribution in [0, 0.1) is 0 Å². The van der Waals surface area contributed by atoms with Gasteiger partial charge in [0.25, 0.3) is 5.56 Å². The molecule has 0 atom stereocenters. The number of rotatable bonds is 5. The number of fused-ring (bicyclic) bond motifs is 1. The number of nitrogens with zero attached hydrogens (tertiary/aromatic N) is 4. The van der Waals surface area contributed by atoms with Gasteiger partial charge in [0.15, 0.2) is 11.2 Å². The Balaban J connectivity index is 1.85. The third kappa shape index (κ3) is 3.43. The summed E-state index contributed by atoms with van der Waals surface area (Å²) in [6.07, 6.45) is 1.33. The average molecular weight is 385 g/mol. The van der Waals surface area contributed by atoms with E-state index in [4.69, 9.17) is 4.74 Å². The molecule has 2 heterocycles. The molecular weight excluding hydrogens is 366 g/mol. The molecule has 0 bridgehead atoms. The van der Waals surface area contributed by atoms with Crippen LogP contribution in [-0.2, 0) is 30.2 Å². The Labute approximate surface area is 159 Å². The zero-order valence-corrected chi connectivity index (χ0v) is 15.6. The molecule has 0 unspecified atom stereocenters. The fraction of sp³-hybridized carbons (Fsp3) is 0.278. The second kappa shape index (κ2) is 7.51. The molecule has 146 valence electrons. The highest BCUT2D eigenvalue weighted by atomic mass is 16.5. The maximum absolute atomic E-state index is 12.4. The van der Waals surface area contributed by atoms with Crippen LogP contribution in [0.2, 0.25) is 0 Å². The summed E-state index contributed by atoms with van der Waals surface area (Å²) in [4.78, 5) is 52.7. The maximum atomic E-state index is 12.4. The van der Waals surface area contributed by atoms with Crippen molar-refractivity contribution in [3.63, 3.8) is 0 Å². The minimum absolute atomic E-state index is 0.153. The van der Waals surface area contributed by atoms with Crippen LogP contribution in [0.4, 0.5) is 5.69 Å². The normalized spacial score (nSPS) is 10.8. The van der Waals surface area contributed by atoms with Gasteiger partial charge in [0.1, 0.15) is 6.54 Å². The van der Waals surface area contributed by atoms with Gasteiger partial charge in [-0.15, -0.1) is 0 Å². The molecule has 0 fully saturated rings. The fourth-order valence-corrected chi connectivity index (χ4v) is 2.81. The summed E-state index contributed by atoms with van der Waals surface area (Å²) in [7, 11) is 2.87. The minimum Gasteiger partial charge on any atom is -0.462 e. The van der Waals surface area contributed by atoms with Crippen LogP contribution in [0.1, 0.15) is 17.3 Å². The number of hydrogen-bond donors (Lipinski definition) is 1. The molecule has 3 aromatic rings. The molecule has 0 aliphatic rings. The first-order valence-corrected chi connectivity index (χ1v) is 8.51. The summed E-state index contributed by atoms with van der Waals surface area (Å²) in [5.74, 6) is -0.903. The van der Waals surface area contributed by atoms with Gasteiger partial charge in [0, 0.05) is 19.8 Å². The van der Waals surface area contributed by atoms with E-state index in [9.17, 15) is 19.2 Å². The van der Waals surface area contributed by atoms with Crippen molar-refractivity contribution in [1.82, 2.24) is 18.7 Å². The van der Waals surface area contributed by atoms with Crippen LogP contribution < -0.4 is 16.6 Å². The first kappa shape index (κ1) is 19.1. The number of carbonyl (C=O) groups excluding carboxylic acids is 2. The Kier molecular flexibility index (Phi) is 5.12. The molecule has 10 heteroatoms. The van der Waals surface area contributed by atoms with Crippen LogP contribution in [0.15, 0.2) is 40.2 Å². The van der Waals surface area contributed by atoms with Crippen molar-refractivity contribution in [1.29, 1.82) is 0 Å². The predicted molar refractivity (Wildman–Crippen MR) is 101 cm³/mol. The molecule has 0 saturated heterocycles. The van der Waals surface area contributed by atoms with E-state index in [1.807, 2.05) is 0 Å². The Hall–Kier alpha value is -3.69. The number of nitrogens with one attached hydrogen (secondary N) is 1. The van der Waals surface area contributed by atoms with Crippen LogP contribution in [0.5, 0.6) is 0 Å². The number of imidazole rings is 1. The smallest absolute Gasteiger partial charge is 0.338 e. The lowest BCUT2D eigenvalue weighted by Crippen LogP contribution is -2.37. The second-order valence-corrected chi connectivity index (χ2v) is 6.10. The fourth-order valence-electron chi connectivity index (χ4n) is 2.81. The van der Waals surface area contributed by atoms with Gasteiger partial charge in [0.2, 0.25) is 5.91 Å². The van der Waals surface area contributed by atoms with E-state index in [2.05, 4.69) is 10.3 Å². The van der Waals surface area contributed by atoms with E-state index in [-0.39, 0.29) is 24.3 Å². The topological polar surface area (TPSA) is 117 Å². The molecule has 3 rings (SSSR count). The molecule has 0 aliphatic carbocycles. The highest BCUT2D eigenvalue weighted by Crippen LogP contribution is 2.12. The number of carbonyl (C=O) groups is 2. The molecule has 0 radical (unpaired) electrons. The summed E-state index contributed by atoms with van der Waals surface area (Å²) in [5.41, 5.74) is 0.0535. The lowest BCUT2D eigenvalue weighted by atomic mass is 10.2. The van der Waals surface area contributed by atoms with Crippen LogP contribution in [-0.4, -0.2) is 37.2 Å². The third-order valence-corrected chi connectivity index (χ3v) is 4.19. The highest BCUT2D eigenvalue weighted by molar-refractivity contribution is 5.94. The van der Waals surface area contributed by atoms with E-state index >= 15 is 0 Å². The molecule has 28 heavy (non-hydrogen) atoms. The van der Waals surface area contributed by atoms with Crippen LogP contribution in [0.3, 0.4) is 0 Å². The average Bonchev–Trinajstić information content (AvgIpc) is 3.08. The van der Waals surface area contributed by atoms with Crippen molar-refractivity contribution in [2.75, 3.05) is 11.9 Å². The van der Waals surface area contributed by atoms with E-state index < -0.39 is 23.1 Å². The number of ether oxygens (including phenoxy) is 1. The molecule has 0 aliphatic heterocycles. The van der Waals surface area contributed by atoms with Gasteiger partial charge in [0.05, 0.1) is 18.5 Å². The van der Waals surface area contributed by atoms with Crippen molar-refractivity contribution in [3.05, 3.63) is 57.0 Å². The number of aromatic nitrogens is 4. The van der Waals surface area contributed by atoms with Gasteiger partial charge in [-0.05, 0) is 25.1 Å². The zero-order chi connectivity index (χ0) is 20.4. The predicted octanol–water partition coefficient (Wildman–Crippen LogP) is 0.249. The number of benzene rings is 1. The molecule has 0 spiro atoms. The van der Waals surface area contributed by atoms with Crippen LogP contribution in [0.25, 0.3) is 11.2 Å². The SMILES string of the molecule is CCOC(=O)c1cccc(NC(=O)Cn2cnc3c2c(=O)n(C)c(=O)n3C)c1. The summed E-state index contributed by atoms with van der Waals surface area (Å²) in [5, 5.41) is 2.67. The lowest BCUT2D eigenvalue weighted by Gasteiger charge is -2.09. The molecule has 10 nitrogen and oxygen atoms in total. The standard InChI is InChI=1S/C18H19N5O5/c1-4-28-17(26)11-6-5-7-12(8-11)20-13(24)9-23-10-19-15-14(23)16(25)22(3)18(27)21(15)2/h5-8,10H,4,9H2,1-3H3,(H,20,24). The Morgan fingerprint density at radius 1 is 1.18 bits per heavy atom. The first-order chi connectivity index (χ1) is 13.3. The molecule has 2 aromatic heterocycles. The van der Waals surface area contributed by atoms with Crippen molar-refractivity contribution in [3.8, 4) is 0 Å². The van der Waals surface area contributed by atoms with Gasteiger partial charge >= 0.3 is 11.7 Å². The number of esters is 1. The number of anilines is 1. The highest BCUT2D eigenvalue weighted by Gasteiger charge is 2.16.